The molecule has 0 spiro atoms. The highest BCUT2D eigenvalue weighted by molar-refractivity contribution is 7.46. The van der Waals surface area contributed by atoms with Crippen LogP contribution in [0.2, 0.25) is 0 Å². The van der Waals surface area contributed by atoms with E-state index in [9.17, 15) is 34.3 Å². The summed E-state index contributed by atoms with van der Waals surface area (Å²) in [5.74, 6) is -2.15. The van der Waals surface area contributed by atoms with Gasteiger partial charge in [0.05, 0.1) is 24.9 Å². The Labute approximate surface area is 312 Å². The van der Waals surface area contributed by atoms with Crippen molar-refractivity contribution in [2.24, 2.45) is 11.8 Å². The maximum absolute atomic E-state index is 12.7. The molecule has 12 nitrogen and oxygen atoms in total. The zero-order valence-corrected chi connectivity index (χ0v) is 32.9. The first-order valence-corrected chi connectivity index (χ1v) is 21.7. The number of ketones is 1. The summed E-state index contributed by atoms with van der Waals surface area (Å²) in [5.41, 5.74) is 0. The van der Waals surface area contributed by atoms with Crippen molar-refractivity contribution < 1.29 is 58.1 Å². The molecule has 0 aromatic carbocycles. The summed E-state index contributed by atoms with van der Waals surface area (Å²) in [6, 6.07) is 0. The van der Waals surface area contributed by atoms with Gasteiger partial charge in [-0.1, -0.05) is 122 Å². The van der Waals surface area contributed by atoms with Crippen molar-refractivity contribution in [1.82, 2.24) is 0 Å². The summed E-state index contributed by atoms with van der Waals surface area (Å²) < 4.78 is 26.2. The molecule has 52 heavy (non-hydrogen) atoms. The van der Waals surface area contributed by atoms with E-state index in [4.69, 9.17) is 19.3 Å². The maximum Gasteiger partial charge on any atom is 0.469 e. The third kappa shape index (κ3) is 25.4. The Kier molecular flexibility index (Phi) is 27.6. The Hall–Kier alpha value is -1.66. The second-order valence-corrected chi connectivity index (χ2v) is 15.8. The number of carbonyl (C=O) groups excluding carboxylic acids is 3. The Morgan fingerprint density at radius 1 is 0.712 bits per heavy atom. The second-order valence-electron chi connectivity index (χ2n) is 14.6. The Morgan fingerprint density at radius 2 is 1.23 bits per heavy atom. The van der Waals surface area contributed by atoms with Crippen LogP contribution in [0.4, 0.5) is 0 Å². The van der Waals surface area contributed by atoms with Crippen molar-refractivity contribution in [3.8, 4) is 0 Å². The van der Waals surface area contributed by atoms with Gasteiger partial charge >= 0.3 is 19.8 Å². The van der Waals surface area contributed by atoms with E-state index < -0.39 is 69.2 Å². The molecule has 1 rings (SSSR count). The lowest BCUT2D eigenvalue weighted by Crippen LogP contribution is -2.29. The van der Waals surface area contributed by atoms with Crippen molar-refractivity contribution in [2.75, 3.05) is 13.2 Å². The van der Waals surface area contributed by atoms with Crippen molar-refractivity contribution in [1.29, 1.82) is 0 Å². The van der Waals surface area contributed by atoms with Crippen molar-refractivity contribution in [2.45, 2.75) is 192 Å². The molecular weight excluding hydrogens is 691 g/mol. The van der Waals surface area contributed by atoms with E-state index in [1.807, 2.05) is 0 Å². The van der Waals surface area contributed by atoms with Crippen LogP contribution in [-0.4, -0.2) is 80.5 Å². The van der Waals surface area contributed by atoms with Crippen LogP contribution in [0.15, 0.2) is 12.2 Å². The summed E-state index contributed by atoms with van der Waals surface area (Å²) in [7, 11) is -4.84. The highest BCUT2D eigenvalue weighted by atomic mass is 31.2. The summed E-state index contributed by atoms with van der Waals surface area (Å²) in [4.78, 5) is 55.7. The van der Waals surface area contributed by atoms with E-state index in [2.05, 4.69) is 18.4 Å². The van der Waals surface area contributed by atoms with Crippen LogP contribution in [0.5, 0.6) is 0 Å². The predicted octanol–water partition coefficient (Wildman–Crippen LogP) is 7.41. The number of Topliss-reactive ketones (excluding diaryl/α,β-unsaturated/α-hetero) is 1. The molecule has 0 saturated heterocycles. The molecule has 1 fully saturated rings. The van der Waals surface area contributed by atoms with Gasteiger partial charge in [-0.25, -0.2) is 4.57 Å². The molecule has 1 aliphatic carbocycles. The number of rotatable bonds is 33. The van der Waals surface area contributed by atoms with Crippen LogP contribution >= 0.6 is 7.82 Å². The highest BCUT2D eigenvalue weighted by Crippen LogP contribution is 2.37. The van der Waals surface area contributed by atoms with Crippen LogP contribution in [0.3, 0.4) is 0 Å². The molecule has 0 bridgehead atoms. The van der Waals surface area contributed by atoms with Crippen LogP contribution in [-0.2, 0) is 32.9 Å². The minimum atomic E-state index is -4.84. The van der Waals surface area contributed by atoms with Gasteiger partial charge in [-0.2, -0.15) is 0 Å². The fourth-order valence-corrected chi connectivity index (χ4v) is 7.02. The van der Waals surface area contributed by atoms with E-state index in [-0.39, 0.29) is 37.9 Å². The number of ether oxygens (including phenoxy) is 2. The molecule has 13 heteroatoms. The number of hydrogen-bond acceptors (Lipinski definition) is 10. The normalized spacial score (nSPS) is 20.3. The number of esters is 2. The summed E-state index contributed by atoms with van der Waals surface area (Å²) in [6.07, 6.45) is 20.0. The van der Waals surface area contributed by atoms with E-state index in [1.54, 1.807) is 12.2 Å². The molecular formula is C39H71O12P. The molecule has 0 unspecified atom stereocenters. The van der Waals surface area contributed by atoms with Gasteiger partial charge in [-0.15, -0.1) is 0 Å². The van der Waals surface area contributed by atoms with E-state index in [0.29, 0.717) is 25.7 Å². The monoisotopic (exact) mass is 762 g/mol. The molecule has 5 N–H and O–H groups in total. The van der Waals surface area contributed by atoms with Crippen LogP contribution < -0.4 is 0 Å². The van der Waals surface area contributed by atoms with E-state index in [1.165, 1.54) is 57.8 Å². The largest absolute Gasteiger partial charge is 0.469 e. The van der Waals surface area contributed by atoms with Gasteiger partial charge in [-0.05, 0) is 25.7 Å². The van der Waals surface area contributed by atoms with Gasteiger partial charge in [0, 0.05) is 43.9 Å². The van der Waals surface area contributed by atoms with Gasteiger partial charge in [0.15, 0.2) is 6.10 Å². The molecule has 0 heterocycles. The lowest BCUT2D eigenvalue weighted by Gasteiger charge is -2.20. The molecule has 0 radical (unpaired) electrons. The lowest BCUT2D eigenvalue weighted by molar-refractivity contribution is -0.161. The SMILES string of the molecule is CCCCCCCCCCCCCCCC(=O)O[C@H](COC(=O)CCCCC(=O)C[C@@H]1[C@@H](/C=C/[C@@H](O)CCCCC)[C@H](O)C[C@@H]1O)COP(=O)(O)O. The minimum Gasteiger partial charge on any atom is -0.462 e. The Balaban J connectivity index is 2.34. The summed E-state index contributed by atoms with van der Waals surface area (Å²) in [6.45, 7) is 3.25. The third-order valence-electron chi connectivity index (χ3n) is 9.77. The average molecular weight is 763 g/mol. The summed E-state index contributed by atoms with van der Waals surface area (Å²) in [5, 5.41) is 31.1. The number of hydrogen-bond donors (Lipinski definition) is 5. The highest BCUT2D eigenvalue weighted by Gasteiger charge is 2.41. The van der Waals surface area contributed by atoms with Gasteiger partial charge in [-0.3, -0.25) is 18.9 Å². The smallest absolute Gasteiger partial charge is 0.462 e. The zero-order chi connectivity index (χ0) is 38.6. The molecule has 0 amide bonds. The van der Waals surface area contributed by atoms with Crippen LogP contribution in [0, 0.1) is 11.8 Å². The van der Waals surface area contributed by atoms with E-state index in [0.717, 1.165) is 38.5 Å². The molecule has 0 aromatic rings. The van der Waals surface area contributed by atoms with Gasteiger partial charge < -0.3 is 34.6 Å². The second kappa shape index (κ2) is 29.7. The number of phosphoric ester groups is 1. The quantitative estimate of drug-likeness (QED) is 0.0192. The van der Waals surface area contributed by atoms with Crippen LogP contribution in [0.25, 0.3) is 0 Å². The van der Waals surface area contributed by atoms with E-state index >= 15 is 0 Å². The van der Waals surface area contributed by atoms with Crippen molar-refractivity contribution in [3.63, 3.8) is 0 Å². The van der Waals surface area contributed by atoms with Gasteiger partial charge in [0.25, 0.3) is 0 Å². The van der Waals surface area contributed by atoms with Crippen molar-refractivity contribution >= 4 is 25.5 Å². The zero-order valence-electron chi connectivity index (χ0n) is 32.0. The molecule has 304 valence electrons. The topological polar surface area (TPSA) is 197 Å². The molecule has 6 atom stereocenters. The Morgan fingerprint density at radius 3 is 1.83 bits per heavy atom. The van der Waals surface area contributed by atoms with Gasteiger partial charge in [0.2, 0.25) is 0 Å². The Bertz CT molecular complexity index is 1030. The molecule has 0 aromatic heterocycles. The number of carbonyl (C=O) groups is 3. The number of unbranched alkanes of at least 4 members (excludes halogenated alkanes) is 15. The first kappa shape index (κ1) is 48.4. The molecule has 1 aliphatic rings. The summed E-state index contributed by atoms with van der Waals surface area (Å²) >= 11 is 0. The van der Waals surface area contributed by atoms with Gasteiger partial charge in [0.1, 0.15) is 12.4 Å². The fraction of sp³-hybridized carbons (Fsp3) is 0.872. The first-order valence-electron chi connectivity index (χ1n) is 20.2. The third-order valence-corrected chi connectivity index (χ3v) is 10.3. The number of aliphatic hydroxyl groups excluding tert-OH is 3. The standard InChI is InChI=1S/C39H71O12P/c1-3-5-7-8-9-10-11-12-13-14-15-16-18-24-39(45)51-33(30-50-52(46,47)48)29-49-38(44)23-20-19-22-32(41)27-35-34(36(42)28-37(35)43)26-25-31(40)21-17-6-4-2/h25-26,31,33-37,40,42-43H,3-24,27-30H2,1-2H3,(H2,46,47,48)/b26-25+/t31-,33+,34+,35+,36+,37-/m0/s1. The average Bonchev–Trinajstić information content (AvgIpc) is 3.35. The first-order chi connectivity index (χ1) is 24.9. The van der Waals surface area contributed by atoms with Crippen LogP contribution in [0.1, 0.15) is 168 Å². The maximum atomic E-state index is 12.7. The van der Waals surface area contributed by atoms with Crippen molar-refractivity contribution in [3.05, 3.63) is 12.2 Å². The predicted molar refractivity (Wildman–Crippen MR) is 200 cm³/mol. The number of phosphoric acid groups is 1. The number of aliphatic hydroxyl groups is 3. The minimum absolute atomic E-state index is 0.0156. The molecule has 0 aliphatic heterocycles. The lowest BCUT2D eigenvalue weighted by atomic mass is 9.87. The fourth-order valence-electron chi connectivity index (χ4n) is 6.66. The molecule has 1 saturated carbocycles.